The number of nitrogens with zero attached hydrogens (tertiary/aromatic N) is 1. The van der Waals surface area contributed by atoms with Crippen molar-refractivity contribution in [2.45, 2.75) is 27.1 Å². The lowest BCUT2D eigenvalue weighted by Gasteiger charge is -2.15. The van der Waals surface area contributed by atoms with E-state index in [1.165, 1.54) is 0 Å². The molecule has 33 heavy (non-hydrogen) atoms. The van der Waals surface area contributed by atoms with Gasteiger partial charge < -0.3 is 19.3 Å². The standard InChI is InChI=1S/C27H26N2O4/c1-3-28-27(30)23-15-26(33-29-23)22-14-19(2)24(31-17-20-10-6-4-7-11-20)16-25(22)32-18-21-12-8-5-9-13-21/h4-16H,3,17-18H2,1-2H3,(H,28,30). The summed E-state index contributed by atoms with van der Waals surface area (Å²) in [7, 11) is 0. The van der Waals surface area contributed by atoms with Crippen molar-refractivity contribution < 1.29 is 18.8 Å². The predicted octanol–water partition coefficient (Wildman–Crippen LogP) is 5.56. The second-order valence-electron chi connectivity index (χ2n) is 7.60. The Morgan fingerprint density at radius 1 is 0.879 bits per heavy atom. The Kier molecular flexibility index (Phi) is 7.05. The van der Waals surface area contributed by atoms with E-state index in [9.17, 15) is 4.79 Å². The highest BCUT2D eigenvalue weighted by Crippen LogP contribution is 2.37. The molecular weight excluding hydrogens is 416 g/mol. The second-order valence-corrected chi connectivity index (χ2v) is 7.60. The third kappa shape index (κ3) is 5.60. The molecule has 1 amide bonds. The molecule has 4 rings (SSSR count). The Hall–Kier alpha value is -4.06. The second kappa shape index (κ2) is 10.5. The van der Waals surface area contributed by atoms with Crippen LogP contribution in [0.25, 0.3) is 11.3 Å². The Bertz CT molecular complexity index is 1200. The molecule has 0 radical (unpaired) electrons. The molecule has 6 nitrogen and oxygen atoms in total. The molecule has 6 heteroatoms. The lowest BCUT2D eigenvalue weighted by molar-refractivity contribution is 0.0947. The van der Waals surface area contributed by atoms with Gasteiger partial charge in [-0.3, -0.25) is 4.79 Å². The van der Waals surface area contributed by atoms with E-state index in [2.05, 4.69) is 10.5 Å². The van der Waals surface area contributed by atoms with Gasteiger partial charge in [-0.25, -0.2) is 0 Å². The van der Waals surface area contributed by atoms with Crippen molar-refractivity contribution in [1.82, 2.24) is 10.5 Å². The zero-order valence-corrected chi connectivity index (χ0v) is 18.7. The van der Waals surface area contributed by atoms with E-state index in [-0.39, 0.29) is 11.6 Å². The van der Waals surface area contributed by atoms with Gasteiger partial charge >= 0.3 is 0 Å². The minimum absolute atomic E-state index is 0.225. The summed E-state index contributed by atoms with van der Waals surface area (Å²) in [5, 5.41) is 6.65. The first-order chi connectivity index (χ1) is 16.1. The summed E-state index contributed by atoms with van der Waals surface area (Å²) in [6, 6.07) is 25.3. The van der Waals surface area contributed by atoms with Crippen LogP contribution in [-0.2, 0) is 13.2 Å². The molecule has 168 valence electrons. The molecule has 0 saturated carbocycles. The molecule has 0 spiro atoms. The molecule has 1 N–H and O–H groups in total. The fraction of sp³-hybridized carbons (Fsp3) is 0.185. The smallest absolute Gasteiger partial charge is 0.273 e. The van der Waals surface area contributed by atoms with E-state index < -0.39 is 0 Å². The zero-order valence-electron chi connectivity index (χ0n) is 18.7. The van der Waals surface area contributed by atoms with Crippen molar-refractivity contribution >= 4 is 5.91 Å². The normalized spacial score (nSPS) is 10.6. The summed E-state index contributed by atoms with van der Waals surface area (Å²) >= 11 is 0. The highest BCUT2D eigenvalue weighted by Gasteiger charge is 2.19. The van der Waals surface area contributed by atoms with Crippen LogP contribution < -0.4 is 14.8 Å². The molecule has 0 fully saturated rings. The van der Waals surface area contributed by atoms with Gasteiger partial charge in [0.25, 0.3) is 5.91 Å². The number of rotatable bonds is 9. The summed E-state index contributed by atoms with van der Waals surface area (Å²) in [6.45, 7) is 5.16. The van der Waals surface area contributed by atoms with Crippen molar-refractivity contribution in [2.75, 3.05) is 6.54 Å². The Balaban J connectivity index is 1.63. The monoisotopic (exact) mass is 442 g/mol. The van der Waals surface area contributed by atoms with Crippen LogP contribution in [0.4, 0.5) is 0 Å². The van der Waals surface area contributed by atoms with Gasteiger partial charge in [0, 0.05) is 18.7 Å². The maximum Gasteiger partial charge on any atom is 0.273 e. The molecule has 4 aromatic rings. The summed E-state index contributed by atoms with van der Waals surface area (Å²) in [4.78, 5) is 12.1. The molecule has 0 saturated heterocycles. The van der Waals surface area contributed by atoms with Gasteiger partial charge in [-0.1, -0.05) is 65.8 Å². The van der Waals surface area contributed by atoms with Crippen molar-refractivity contribution in [1.29, 1.82) is 0 Å². The number of carbonyl (C=O) groups excluding carboxylic acids is 1. The van der Waals surface area contributed by atoms with Gasteiger partial charge in [0.05, 0.1) is 5.56 Å². The number of amides is 1. The predicted molar refractivity (Wildman–Crippen MR) is 126 cm³/mol. The summed E-state index contributed by atoms with van der Waals surface area (Å²) < 4.78 is 17.8. The van der Waals surface area contributed by atoms with E-state index in [4.69, 9.17) is 14.0 Å². The first-order valence-corrected chi connectivity index (χ1v) is 10.9. The summed E-state index contributed by atoms with van der Waals surface area (Å²) in [6.07, 6.45) is 0. The van der Waals surface area contributed by atoms with Crippen LogP contribution in [0.15, 0.2) is 83.4 Å². The van der Waals surface area contributed by atoms with Crippen molar-refractivity contribution in [2.24, 2.45) is 0 Å². The van der Waals surface area contributed by atoms with Crippen molar-refractivity contribution in [3.63, 3.8) is 0 Å². The van der Waals surface area contributed by atoms with Crippen LogP contribution in [0.3, 0.4) is 0 Å². The first-order valence-electron chi connectivity index (χ1n) is 10.9. The quantitative estimate of drug-likeness (QED) is 0.367. The number of carbonyl (C=O) groups is 1. The maximum atomic E-state index is 12.1. The topological polar surface area (TPSA) is 73.6 Å². The van der Waals surface area contributed by atoms with Crippen molar-refractivity contribution in [3.8, 4) is 22.8 Å². The van der Waals surface area contributed by atoms with E-state index >= 15 is 0 Å². The van der Waals surface area contributed by atoms with Crippen LogP contribution in [0.2, 0.25) is 0 Å². The Labute approximate surface area is 193 Å². The minimum atomic E-state index is -0.279. The number of nitrogens with one attached hydrogen (secondary N) is 1. The van der Waals surface area contributed by atoms with Crippen LogP contribution in [-0.4, -0.2) is 17.6 Å². The fourth-order valence-electron chi connectivity index (χ4n) is 3.37. The lowest BCUT2D eigenvalue weighted by Crippen LogP contribution is -2.22. The average Bonchev–Trinajstić information content (AvgIpc) is 3.34. The van der Waals surface area contributed by atoms with Crippen LogP contribution in [0.1, 0.15) is 34.1 Å². The third-order valence-corrected chi connectivity index (χ3v) is 5.10. The summed E-state index contributed by atoms with van der Waals surface area (Å²) in [5.41, 5.74) is 3.97. The van der Waals surface area contributed by atoms with Gasteiger partial charge in [0.1, 0.15) is 24.7 Å². The van der Waals surface area contributed by atoms with Gasteiger partial charge in [-0.15, -0.1) is 0 Å². The number of hydrogen-bond donors (Lipinski definition) is 1. The minimum Gasteiger partial charge on any atom is -0.488 e. The van der Waals surface area contributed by atoms with Crippen LogP contribution in [0, 0.1) is 6.92 Å². The molecule has 3 aromatic carbocycles. The number of benzene rings is 3. The molecule has 0 atom stereocenters. The van der Waals surface area contributed by atoms with E-state index in [0.29, 0.717) is 42.6 Å². The average molecular weight is 443 g/mol. The van der Waals surface area contributed by atoms with Crippen LogP contribution in [0.5, 0.6) is 11.5 Å². The number of aromatic nitrogens is 1. The number of hydrogen-bond acceptors (Lipinski definition) is 5. The Morgan fingerprint density at radius 3 is 2.09 bits per heavy atom. The molecule has 0 aliphatic carbocycles. The van der Waals surface area contributed by atoms with Gasteiger partial charge in [-0.2, -0.15) is 0 Å². The molecule has 0 bridgehead atoms. The third-order valence-electron chi connectivity index (χ3n) is 5.10. The van der Waals surface area contributed by atoms with E-state index in [1.807, 2.05) is 86.6 Å². The van der Waals surface area contributed by atoms with Gasteiger partial charge in [0.15, 0.2) is 11.5 Å². The molecule has 0 aliphatic rings. The first kappa shape index (κ1) is 22.1. The lowest BCUT2D eigenvalue weighted by atomic mass is 10.1. The van der Waals surface area contributed by atoms with Crippen molar-refractivity contribution in [3.05, 3.63) is 101 Å². The van der Waals surface area contributed by atoms with Gasteiger partial charge in [-0.05, 0) is 36.6 Å². The molecule has 0 unspecified atom stereocenters. The number of aryl methyl sites for hydroxylation is 1. The maximum absolute atomic E-state index is 12.1. The highest BCUT2D eigenvalue weighted by atomic mass is 16.5. The van der Waals surface area contributed by atoms with Gasteiger partial charge in [0.2, 0.25) is 0 Å². The molecular formula is C27H26N2O4. The summed E-state index contributed by atoms with van der Waals surface area (Å²) in [5.74, 6) is 1.48. The molecule has 1 aromatic heterocycles. The Morgan fingerprint density at radius 2 is 1.48 bits per heavy atom. The van der Waals surface area contributed by atoms with E-state index in [0.717, 1.165) is 16.7 Å². The fourth-order valence-corrected chi connectivity index (χ4v) is 3.37. The molecule has 1 heterocycles. The van der Waals surface area contributed by atoms with Crippen LogP contribution >= 0.6 is 0 Å². The zero-order chi connectivity index (χ0) is 23.0. The largest absolute Gasteiger partial charge is 0.488 e. The van der Waals surface area contributed by atoms with E-state index in [1.54, 1.807) is 6.07 Å². The highest BCUT2D eigenvalue weighted by molar-refractivity contribution is 5.93. The number of ether oxygens (including phenoxy) is 2. The SMILES string of the molecule is CCNC(=O)c1cc(-c2cc(C)c(OCc3ccccc3)cc2OCc2ccccc2)on1. The molecule has 0 aliphatic heterocycles.